The Morgan fingerprint density at radius 1 is 1.29 bits per heavy atom. The SMILES string of the molecule is CSP(=O)(SC)N(C)C(=O)C(Cl)(Cl)Cl. The van der Waals surface area contributed by atoms with Gasteiger partial charge in [0.25, 0.3) is 15.4 Å². The topological polar surface area (TPSA) is 37.4 Å². The number of nitrogens with zero attached hydrogens (tertiary/aromatic N) is 1. The normalized spacial score (nSPS) is 12.7. The summed E-state index contributed by atoms with van der Waals surface area (Å²) in [5, 5.41) is 0. The van der Waals surface area contributed by atoms with Gasteiger partial charge < -0.3 is 0 Å². The molecule has 0 N–H and O–H groups in total. The Morgan fingerprint density at radius 2 is 1.64 bits per heavy atom. The molecular formula is C5H9Cl3NO2PS2. The van der Waals surface area contributed by atoms with Crippen LogP contribution in [0, 0.1) is 0 Å². The molecule has 1 amide bonds. The second kappa shape index (κ2) is 5.55. The maximum Gasteiger partial charge on any atom is 0.281 e. The van der Waals surface area contributed by atoms with Crippen molar-refractivity contribution in [1.82, 2.24) is 4.67 Å². The van der Waals surface area contributed by atoms with Gasteiger partial charge in [0, 0.05) is 7.05 Å². The van der Waals surface area contributed by atoms with Crippen molar-refractivity contribution in [2.24, 2.45) is 0 Å². The minimum atomic E-state index is -2.86. The monoisotopic (exact) mass is 315 g/mol. The number of hydrogen-bond acceptors (Lipinski definition) is 4. The third kappa shape index (κ3) is 3.69. The quantitative estimate of drug-likeness (QED) is 0.588. The molecule has 3 nitrogen and oxygen atoms in total. The van der Waals surface area contributed by atoms with Crippen molar-refractivity contribution in [2.45, 2.75) is 3.79 Å². The van der Waals surface area contributed by atoms with E-state index >= 15 is 0 Å². The fourth-order valence-corrected chi connectivity index (χ4v) is 5.89. The highest BCUT2D eigenvalue weighted by molar-refractivity contribution is 8.89. The fraction of sp³-hybridized carbons (Fsp3) is 0.800. The molecule has 84 valence electrons. The predicted molar refractivity (Wildman–Crippen MR) is 67.7 cm³/mol. The number of halogens is 3. The van der Waals surface area contributed by atoms with E-state index in [1.54, 1.807) is 12.5 Å². The predicted octanol–water partition coefficient (Wildman–Crippen LogP) is 3.65. The van der Waals surface area contributed by atoms with Gasteiger partial charge >= 0.3 is 0 Å². The first-order valence-corrected chi connectivity index (χ1v) is 9.71. The van der Waals surface area contributed by atoms with Gasteiger partial charge in [0.1, 0.15) is 0 Å². The van der Waals surface area contributed by atoms with E-state index in [1.165, 1.54) is 7.05 Å². The van der Waals surface area contributed by atoms with Crippen molar-refractivity contribution < 1.29 is 9.36 Å². The summed E-state index contributed by atoms with van der Waals surface area (Å²) in [6, 6.07) is 0. The molecule has 14 heavy (non-hydrogen) atoms. The Morgan fingerprint density at radius 3 is 1.86 bits per heavy atom. The molecule has 0 aliphatic heterocycles. The zero-order valence-electron chi connectivity index (χ0n) is 7.66. The smallest absolute Gasteiger partial charge is 0.276 e. The van der Waals surface area contributed by atoms with Crippen molar-refractivity contribution in [2.75, 3.05) is 19.6 Å². The second-order valence-corrected chi connectivity index (χ2v) is 12.6. The lowest BCUT2D eigenvalue weighted by Crippen LogP contribution is -2.33. The van der Waals surface area contributed by atoms with Gasteiger partial charge in [0.15, 0.2) is 0 Å². The average Bonchev–Trinajstić information content (AvgIpc) is 2.12. The first-order valence-electron chi connectivity index (χ1n) is 3.26. The van der Waals surface area contributed by atoms with Crippen LogP contribution < -0.4 is 0 Å². The van der Waals surface area contributed by atoms with E-state index in [0.717, 1.165) is 27.4 Å². The van der Waals surface area contributed by atoms with Crippen LogP contribution in [0.15, 0.2) is 0 Å². The zero-order chi connectivity index (χ0) is 11.6. The van der Waals surface area contributed by atoms with Gasteiger partial charge in [-0.2, -0.15) is 0 Å². The molecule has 0 fully saturated rings. The maximum absolute atomic E-state index is 12.0. The summed E-state index contributed by atoms with van der Waals surface area (Å²) in [5.41, 5.74) is -2.86. The van der Waals surface area contributed by atoms with Crippen LogP contribution in [-0.4, -0.2) is 33.9 Å². The molecule has 0 aliphatic rings. The van der Waals surface area contributed by atoms with E-state index in [1.807, 2.05) is 0 Å². The molecule has 0 aromatic rings. The molecule has 0 saturated carbocycles. The molecular weight excluding hydrogens is 308 g/mol. The first-order chi connectivity index (χ1) is 6.19. The molecule has 0 spiro atoms. The molecule has 0 bridgehead atoms. The number of rotatable bonds is 3. The van der Waals surface area contributed by atoms with Crippen molar-refractivity contribution in [3.8, 4) is 0 Å². The van der Waals surface area contributed by atoms with E-state index in [9.17, 15) is 9.36 Å². The number of carbonyl (C=O) groups is 1. The van der Waals surface area contributed by atoms with Gasteiger partial charge in [0.2, 0.25) is 0 Å². The molecule has 0 unspecified atom stereocenters. The number of alkyl halides is 3. The molecule has 0 aliphatic carbocycles. The highest BCUT2D eigenvalue weighted by Crippen LogP contribution is 2.69. The Balaban J connectivity index is 4.87. The highest BCUT2D eigenvalue weighted by atomic mass is 35.6. The molecule has 9 heteroatoms. The van der Waals surface area contributed by atoms with Gasteiger partial charge in [-0.05, 0) is 12.5 Å². The minimum absolute atomic E-state index is 0.783. The zero-order valence-corrected chi connectivity index (χ0v) is 12.5. The van der Waals surface area contributed by atoms with Crippen LogP contribution in [0.2, 0.25) is 0 Å². The summed E-state index contributed by atoms with van der Waals surface area (Å²) >= 11 is 18.3. The van der Waals surface area contributed by atoms with Crippen molar-refractivity contribution >= 4 is 69.2 Å². The Hall–Kier alpha value is 1.27. The second-order valence-electron chi connectivity index (χ2n) is 2.16. The number of carbonyl (C=O) groups excluding carboxylic acids is 1. The van der Waals surface area contributed by atoms with Crippen molar-refractivity contribution in [1.29, 1.82) is 0 Å². The van der Waals surface area contributed by atoms with Crippen LogP contribution in [0.25, 0.3) is 0 Å². The maximum atomic E-state index is 12.0. The van der Waals surface area contributed by atoms with E-state index in [4.69, 9.17) is 34.8 Å². The third-order valence-electron chi connectivity index (χ3n) is 1.37. The molecule has 0 aromatic heterocycles. The number of amides is 1. The highest BCUT2D eigenvalue weighted by Gasteiger charge is 2.40. The molecule has 0 heterocycles. The largest absolute Gasteiger partial charge is 0.281 e. The summed E-state index contributed by atoms with van der Waals surface area (Å²) in [4.78, 5) is 11.5. The van der Waals surface area contributed by atoms with Crippen molar-refractivity contribution in [3.05, 3.63) is 0 Å². The van der Waals surface area contributed by atoms with Gasteiger partial charge in [-0.3, -0.25) is 14.0 Å². The van der Waals surface area contributed by atoms with Gasteiger partial charge in [0.05, 0.1) is 0 Å². The van der Waals surface area contributed by atoms with E-state index in [0.29, 0.717) is 0 Å². The lowest BCUT2D eigenvalue weighted by Gasteiger charge is -2.27. The Kier molecular flexibility index (Phi) is 6.06. The summed E-state index contributed by atoms with van der Waals surface area (Å²) in [7, 11) is 1.36. The van der Waals surface area contributed by atoms with E-state index in [2.05, 4.69) is 0 Å². The summed E-state index contributed by atoms with van der Waals surface area (Å²) in [5.74, 6) is -0.783. The average molecular weight is 317 g/mol. The van der Waals surface area contributed by atoms with Crippen LogP contribution in [0.5, 0.6) is 0 Å². The number of hydrogen-bond donors (Lipinski definition) is 0. The van der Waals surface area contributed by atoms with Gasteiger partial charge in [-0.25, -0.2) is 0 Å². The third-order valence-corrected chi connectivity index (χ3v) is 10.6. The van der Waals surface area contributed by atoms with Crippen LogP contribution in [-0.2, 0) is 9.36 Å². The van der Waals surface area contributed by atoms with Gasteiger partial charge in [-0.15, -0.1) is 0 Å². The summed E-state index contributed by atoms with van der Waals surface area (Å²) in [6.45, 7) is 0. The summed E-state index contributed by atoms with van der Waals surface area (Å²) in [6.07, 6.45) is 3.28. The van der Waals surface area contributed by atoms with E-state index in [-0.39, 0.29) is 0 Å². The van der Waals surface area contributed by atoms with Crippen LogP contribution >= 0.6 is 63.3 Å². The molecule has 0 radical (unpaired) electrons. The molecule has 0 atom stereocenters. The lowest BCUT2D eigenvalue weighted by molar-refractivity contribution is -0.124. The first kappa shape index (κ1) is 15.3. The molecule has 0 saturated heterocycles. The van der Waals surface area contributed by atoms with Crippen LogP contribution in [0.1, 0.15) is 0 Å². The van der Waals surface area contributed by atoms with Gasteiger partial charge in [-0.1, -0.05) is 57.6 Å². The lowest BCUT2D eigenvalue weighted by atomic mass is 10.7. The Labute approximate surface area is 106 Å². The van der Waals surface area contributed by atoms with E-state index < -0.39 is 15.4 Å². The Bertz CT molecular complexity index is 262. The molecule has 0 aromatic carbocycles. The standard InChI is InChI=1S/C5H9Cl3NO2PS2/c1-9(4(10)5(6,7)8)12(11,13-2)14-3/h1-3H3. The van der Waals surface area contributed by atoms with Crippen molar-refractivity contribution in [3.63, 3.8) is 0 Å². The molecule has 0 rings (SSSR count). The van der Waals surface area contributed by atoms with Crippen LogP contribution in [0.4, 0.5) is 0 Å². The summed E-state index contributed by atoms with van der Waals surface area (Å²) < 4.78 is 10.9. The fourth-order valence-electron chi connectivity index (χ4n) is 0.614. The minimum Gasteiger partial charge on any atom is -0.276 e. The van der Waals surface area contributed by atoms with Crippen LogP contribution in [0.3, 0.4) is 0 Å².